The number of ether oxygens (including phenoxy) is 1. The fraction of sp³-hybridized carbons (Fsp3) is 0.350. The lowest BCUT2D eigenvalue weighted by molar-refractivity contribution is -0.122. The van der Waals surface area contributed by atoms with Gasteiger partial charge < -0.3 is 10.1 Å². The molecule has 0 spiro atoms. The number of rotatable bonds is 3. The van der Waals surface area contributed by atoms with E-state index < -0.39 is 33.7 Å². The van der Waals surface area contributed by atoms with Gasteiger partial charge in [-0.05, 0) is 35.2 Å². The van der Waals surface area contributed by atoms with Crippen LogP contribution >= 0.6 is 0 Å². The van der Waals surface area contributed by atoms with E-state index in [1.165, 1.54) is 6.07 Å². The van der Waals surface area contributed by atoms with Crippen molar-refractivity contribution in [3.63, 3.8) is 0 Å². The van der Waals surface area contributed by atoms with E-state index in [1.807, 2.05) is 26.8 Å². The molecular formula is C20H22F2N2O4S. The summed E-state index contributed by atoms with van der Waals surface area (Å²) in [5, 5.41) is 2.43. The van der Waals surface area contributed by atoms with Crippen molar-refractivity contribution in [1.29, 1.82) is 0 Å². The van der Waals surface area contributed by atoms with Crippen LogP contribution in [0.4, 0.5) is 20.2 Å². The molecule has 1 heterocycles. The SMILES string of the molecule is CC(C)(C)c1ccc2c(c1)N(S(C)(=O)=O)C[C@H](C(=O)Nc1ccc(F)c(F)c1)O2. The third-order valence-corrected chi connectivity index (χ3v) is 5.72. The fourth-order valence-electron chi connectivity index (χ4n) is 2.97. The summed E-state index contributed by atoms with van der Waals surface area (Å²) in [6.45, 7) is 5.76. The van der Waals surface area contributed by atoms with Gasteiger partial charge in [0.2, 0.25) is 10.0 Å². The zero-order valence-electron chi connectivity index (χ0n) is 16.5. The first-order valence-corrected chi connectivity index (χ1v) is 10.8. The standard InChI is InChI=1S/C20H22F2N2O4S/c1-20(2,3)12-5-8-17-16(9-12)24(29(4,26)27)11-18(28-17)19(25)23-13-6-7-14(21)15(22)10-13/h5-10,18H,11H2,1-4H3,(H,23,25)/t18-/m1/s1. The Morgan fingerprint density at radius 3 is 2.41 bits per heavy atom. The molecule has 1 aliphatic rings. The van der Waals surface area contributed by atoms with Gasteiger partial charge in [0, 0.05) is 11.8 Å². The smallest absolute Gasteiger partial charge is 0.267 e. The topological polar surface area (TPSA) is 75.7 Å². The van der Waals surface area contributed by atoms with Crippen LogP contribution < -0.4 is 14.4 Å². The molecule has 0 unspecified atom stereocenters. The Kier molecular flexibility index (Phi) is 5.29. The molecule has 2 aromatic rings. The maximum Gasteiger partial charge on any atom is 0.267 e. The van der Waals surface area contributed by atoms with Gasteiger partial charge in [-0.25, -0.2) is 17.2 Å². The number of benzene rings is 2. The lowest BCUT2D eigenvalue weighted by atomic mass is 9.86. The molecule has 156 valence electrons. The highest BCUT2D eigenvalue weighted by atomic mass is 32.2. The Morgan fingerprint density at radius 2 is 1.83 bits per heavy atom. The molecule has 2 aromatic carbocycles. The molecule has 0 radical (unpaired) electrons. The van der Waals surface area contributed by atoms with Gasteiger partial charge in [-0.3, -0.25) is 9.10 Å². The highest BCUT2D eigenvalue weighted by molar-refractivity contribution is 7.92. The average molecular weight is 424 g/mol. The molecule has 0 fully saturated rings. The predicted octanol–water partition coefficient (Wildman–Crippen LogP) is 3.43. The van der Waals surface area contributed by atoms with E-state index >= 15 is 0 Å². The van der Waals surface area contributed by atoms with E-state index in [9.17, 15) is 22.0 Å². The summed E-state index contributed by atoms with van der Waals surface area (Å²) in [7, 11) is -3.69. The molecule has 9 heteroatoms. The van der Waals surface area contributed by atoms with Crippen molar-refractivity contribution < 1.29 is 26.7 Å². The number of anilines is 2. The van der Waals surface area contributed by atoms with Crippen molar-refractivity contribution in [2.75, 3.05) is 22.4 Å². The normalized spacial score (nSPS) is 16.8. The quantitative estimate of drug-likeness (QED) is 0.819. The Labute approximate surface area is 168 Å². The van der Waals surface area contributed by atoms with E-state index in [2.05, 4.69) is 5.32 Å². The van der Waals surface area contributed by atoms with Gasteiger partial charge >= 0.3 is 0 Å². The van der Waals surface area contributed by atoms with Crippen molar-refractivity contribution in [1.82, 2.24) is 0 Å². The van der Waals surface area contributed by atoms with Crippen LogP contribution in [0.15, 0.2) is 36.4 Å². The van der Waals surface area contributed by atoms with Crippen molar-refractivity contribution in [2.45, 2.75) is 32.3 Å². The minimum absolute atomic E-state index is 0.0392. The second kappa shape index (κ2) is 7.29. The molecule has 1 amide bonds. The van der Waals surface area contributed by atoms with E-state index in [4.69, 9.17) is 4.74 Å². The Bertz CT molecular complexity index is 1060. The summed E-state index contributed by atoms with van der Waals surface area (Å²) in [6.07, 6.45) is -0.110. The van der Waals surface area contributed by atoms with Crippen molar-refractivity contribution in [3.05, 3.63) is 53.6 Å². The Morgan fingerprint density at radius 1 is 1.14 bits per heavy atom. The number of carbonyl (C=O) groups is 1. The first-order chi connectivity index (χ1) is 13.4. The van der Waals surface area contributed by atoms with Crippen molar-refractivity contribution in [2.24, 2.45) is 0 Å². The van der Waals surface area contributed by atoms with Crippen LogP contribution in [0.25, 0.3) is 0 Å². The number of halogens is 2. The van der Waals surface area contributed by atoms with Crippen LogP contribution in [0.5, 0.6) is 5.75 Å². The molecule has 29 heavy (non-hydrogen) atoms. The number of hydrogen-bond acceptors (Lipinski definition) is 4. The first-order valence-electron chi connectivity index (χ1n) is 8.91. The third-order valence-electron chi connectivity index (χ3n) is 4.57. The lowest BCUT2D eigenvalue weighted by Gasteiger charge is -2.35. The van der Waals surface area contributed by atoms with Crippen LogP contribution in [0.1, 0.15) is 26.3 Å². The molecule has 3 rings (SSSR count). The zero-order chi connectivity index (χ0) is 21.6. The van der Waals surface area contributed by atoms with E-state index in [0.29, 0.717) is 5.69 Å². The van der Waals surface area contributed by atoms with Gasteiger partial charge in [-0.15, -0.1) is 0 Å². The Hall–Kier alpha value is -2.68. The van der Waals surface area contributed by atoms with E-state index in [0.717, 1.165) is 28.3 Å². The summed E-state index contributed by atoms with van der Waals surface area (Å²) in [4.78, 5) is 12.6. The number of carbonyl (C=O) groups excluding carboxylic acids is 1. The largest absolute Gasteiger partial charge is 0.476 e. The number of amides is 1. The molecule has 0 aromatic heterocycles. The number of fused-ring (bicyclic) bond motifs is 1. The van der Waals surface area contributed by atoms with Gasteiger partial charge in [0.15, 0.2) is 17.7 Å². The Balaban J connectivity index is 1.92. The molecule has 0 bridgehead atoms. The fourth-order valence-corrected chi connectivity index (χ4v) is 3.87. The summed E-state index contributed by atoms with van der Waals surface area (Å²) >= 11 is 0. The summed E-state index contributed by atoms with van der Waals surface area (Å²) < 4.78 is 58.0. The average Bonchev–Trinajstić information content (AvgIpc) is 2.61. The molecule has 1 atom stereocenters. The minimum Gasteiger partial charge on any atom is -0.476 e. The predicted molar refractivity (Wildman–Crippen MR) is 107 cm³/mol. The van der Waals surface area contributed by atoms with E-state index in [-0.39, 0.29) is 23.4 Å². The molecule has 0 aliphatic carbocycles. The lowest BCUT2D eigenvalue weighted by Crippen LogP contribution is -2.48. The van der Waals surface area contributed by atoms with Crippen molar-refractivity contribution >= 4 is 27.3 Å². The molecule has 1 aliphatic heterocycles. The van der Waals surface area contributed by atoms with Gasteiger partial charge in [0.1, 0.15) is 5.75 Å². The molecule has 6 nitrogen and oxygen atoms in total. The summed E-state index contributed by atoms with van der Waals surface area (Å²) in [5.41, 5.74) is 1.10. The third kappa shape index (κ3) is 4.50. The highest BCUT2D eigenvalue weighted by Gasteiger charge is 2.36. The van der Waals surface area contributed by atoms with Crippen LogP contribution in [0, 0.1) is 11.6 Å². The summed E-state index contributed by atoms with van der Waals surface area (Å²) in [6, 6.07) is 8.11. The summed E-state index contributed by atoms with van der Waals surface area (Å²) in [5.74, 6) is -2.57. The number of sulfonamides is 1. The molecule has 0 saturated carbocycles. The van der Waals surface area contributed by atoms with Gasteiger partial charge in [-0.2, -0.15) is 0 Å². The number of nitrogens with one attached hydrogen (secondary N) is 1. The van der Waals surface area contributed by atoms with Crippen LogP contribution in [-0.4, -0.2) is 33.2 Å². The second-order valence-electron chi connectivity index (χ2n) is 7.95. The van der Waals surface area contributed by atoms with Gasteiger partial charge in [0.05, 0.1) is 18.5 Å². The maximum atomic E-state index is 13.4. The second-order valence-corrected chi connectivity index (χ2v) is 9.86. The minimum atomic E-state index is -3.69. The first kappa shape index (κ1) is 21.0. The number of hydrogen-bond donors (Lipinski definition) is 1. The molecule has 0 saturated heterocycles. The van der Waals surface area contributed by atoms with Crippen LogP contribution in [-0.2, 0) is 20.2 Å². The van der Waals surface area contributed by atoms with Crippen LogP contribution in [0.3, 0.4) is 0 Å². The number of nitrogens with zero attached hydrogens (tertiary/aromatic N) is 1. The monoisotopic (exact) mass is 424 g/mol. The van der Waals surface area contributed by atoms with E-state index in [1.54, 1.807) is 12.1 Å². The highest BCUT2D eigenvalue weighted by Crippen LogP contribution is 2.38. The van der Waals surface area contributed by atoms with Gasteiger partial charge in [-0.1, -0.05) is 26.8 Å². The zero-order valence-corrected chi connectivity index (χ0v) is 17.3. The molecule has 1 N–H and O–H groups in total. The van der Waals surface area contributed by atoms with Crippen molar-refractivity contribution in [3.8, 4) is 5.75 Å². The van der Waals surface area contributed by atoms with Gasteiger partial charge in [0.25, 0.3) is 5.91 Å². The van der Waals surface area contributed by atoms with Crippen LogP contribution in [0.2, 0.25) is 0 Å². The molecular weight excluding hydrogens is 402 g/mol. The maximum absolute atomic E-state index is 13.4.